The van der Waals surface area contributed by atoms with Gasteiger partial charge in [-0.2, -0.15) is 0 Å². The van der Waals surface area contributed by atoms with Gasteiger partial charge < -0.3 is 4.74 Å². The van der Waals surface area contributed by atoms with E-state index in [1.807, 2.05) is 0 Å². The third kappa shape index (κ3) is 1.64. The molecule has 0 atom stereocenters. The number of carbonyl (C=O) groups is 2. The first kappa shape index (κ1) is 10.4. The molecule has 0 saturated carbocycles. The summed E-state index contributed by atoms with van der Waals surface area (Å²) in [5.41, 5.74) is -0.0174. The summed E-state index contributed by atoms with van der Waals surface area (Å²) in [4.78, 5) is 21.6. The largest absolute Gasteiger partial charge is 0.495 e. The monoisotopic (exact) mass is 196 g/mol. The molecule has 0 amide bonds. The van der Waals surface area contributed by atoms with E-state index in [1.165, 1.54) is 20.1 Å². The molecular weight excluding hydrogens is 187 g/mol. The maximum Gasteiger partial charge on any atom is 0.166 e. The summed E-state index contributed by atoms with van der Waals surface area (Å²) < 4.78 is 18.0. The molecular formula is C10H9FO3. The topological polar surface area (TPSA) is 43.4 Å². The van der Waals surface area contributed by atoms with Crippen LogP contribution in [0.4, 0.5) is 4.39 Å². The molecule has 0 saturated heterocycles. The van der Waals surface area contributed by atoms with Crippen molar-refractivity contribution in [2.45, 2.75) is 6.92 Å². The van der Waals surface area contributed by atoms with Crippen LogP contribution in [0.2, 0.25) is 0 Å². The van der Waals surface area contributed by atoms with Crippen LogP contribution < -0.4 is 4.74 Å². The molecule has 0 aliphatic rings. The lowest BCUT2D eigenvalue weighted by atomic mass is 10.1. The normalized spacial score (nSPS) is 9.64. The number of rotatable bonds is 3. The second kappa shape index (κ2) is 4.00. The van der Waals surface area contributed by atoms with Crippen molar-refractivity contribution in [2.24, 2.45) is 0 Å². The van der Waals surface area contributed by atoms with E-state index < -0.39 is 11.6 Å². The van der Waals surface area contributed by atoms with Gasteiger partial charge in [-0.05, 0) is 19.1 Å². The SMILES string of the molecule is COc1c(C=O)ccc(F)c1C(C)=O. The van der Waals surface area contributed by atoms with Crippen LogP contribution in [0.5, 0.6) is 5.75 Å². The van der Waals surface area contributed by atoms with Crippen molar-refractivity contribution < 1.29 is 18.7 Å². The van der Waals surface area contributed by atoms with Gasteiger partial charge >= 0.3 is 0 Å². The summed E-state index contributed by atoms with van der Waals surface area (Å²) >= 11 is 0. The highest BCUT2D eigenvalue weighted by Gasteiger charge is 2.17. The van der Waals surface area contributed by atoms with E-state index in [0.29, 0.717) is 6.29 Å². The number of halogens is 1. The van der Waals surface area contributed by atoms with Gasteiger partial charge in [-0.3, -0.25) is 9.59 Å². The van der Waals surface area contributed by atoms with Crippen molar-refractivity contribution in [2.75, 3.05) is 7.11 Å². The zero-order chi connectivity index (χ0) is 10.7. The molecule has 0 unspecified atom stereocenters. The molecule has 1 rings (SSSR count). The van der Waals surface area contributed by atoms with E-state index >= 15 is 0 Å². The maximum atomic E-state index is 13.2. The predicted molar refractivity (Wildman–Crippen MR) is 48.3 cm³/mol. The molecule has 0 aliphatic heterocycles. The highest BCUT2D eigenvalue weighted by Crippen LogP contribution is 2.25. The van der Waals surface area contributed by atoms with Crippen LogP contribution in [-0.4, -0.2) is 19.2 Å². The molecule has 0 aliphatic carbocycles. The zero-order valence-electron chi connectivity index (χ0n) is 7.83. The fraction of sp³-hybridized carbons (Fsp3) is 0.200. The van der Waals surface area contributed by atoms with Gasteiger partial charge in [0.2, 0.25) is 0 Å². The minimum atomic E-state index is -0.681. The Balaban J connectivity index is 3.50. The third-order valence-electron chi connectivity index (χ3n) is 1.82. The Bertz CT molecular complexity index is 385. The molecule has 0 N–H and O–H groups in total. The van der Waals surface area contributed by atoms with Crippen LogP contribution >= 0.6 is 0 Å². The molecule has 74 valence electrons. The van der Waals surface area contributed by atoms with Crippen LogP contribution in [0.1, 0.15) is 27.6 Å². The Morgan fingerprint density at radius 1 is 1.50 bits per heavy atom. The molecule has 3 nitrogen and oxygen atoms in total. The Morgan fingerprint density at radius 2 is 2.14 bits per heavy atom. The Morgan fingerprint density at radius 3 is 2.57 bits per heavy atom. The molecule has 1 aromatic rings. The molecule has 0 aromatic heterocycles. The van der Waals surface area contributed by atoms with Crippen molar-refractivity contribution in [1.82, 2.24) is 0 Å². The molecule has 0 spiro atoms. The van der Waals surface area contributed by atoms with E-state index in [1.54, 1.807) is 0 Å². The third-order valence-corrected chi connectivity index (χ3v) is 1.82. The Kier molecular flexibility index (Phi) is 2.96. The highest BCUT2D eigenvalue weighted by atomic mass is 19.1. The maximum absolute atomic E-state index is 13.2. The lowest BCUT2D eigenvalue weighted by Gasteiger charge is -2.08. The van der Waals surface area contributed by atoms with Crippen molar-refractivity contribution in [3.8, 4) is 5.75 Å². The second-order valence-corrected chi connectivity index (χ2v) is 2.72. The summed E-state index contributed by atoms with van der Waals surface area (Å²) in [5, 5.41) is 0. The predicted octanol–water partition coefficient (Wildman–Crippen LogP) is 1.85. The number of ketones is 1. The number of carbonyl (C=O) groups excluding carboxylic acids is 2. The number of ether oxygens (including phenoxy) is 1. The van der Waals surface area contributed by atoms with Crippen LogP contribution in [0.3, 0.4) is 0 Å². The van der Waals surface area contributed by atoms with Gasteiger partial charge in [0, 0.05) is 0 Å². The van der Waals surface area contributed by atoms with Crippen molar-refractivity contribution >= 4 is 12.1 Å². The van der Waals surface area contributed by atoms with Gasteiger partial charge in [0.25, 0.3) is 0 Å². The first-order valence-electron chi connectivity index (χ1n) is 3.94. The van der Waals surface area contributed by atoms with Crippen LogP contribution in [0, 0.1) is 5.82 Å². The van der Waals surface area contributed by atoms with Crippen molar-refractivity contribution in [3.63, 3.8) is 0 Å². The summed E-state index contributed by atoms with van der Waals surface area (Å²) in [6.07, 6.45) is 0.519. The number of aldehydes is 1. The lowest BCUT2D eigenvalue weighted by Crippen LogP contribution is -2.04. The second-order valence-electron chi connectivity index (χ2n) is 2.72. The van der Waals surface area contributed by atoms with E-state index in [9.17, 15) is 14.0 Å². The first-order valence-corrected chi connectivity index (χ1v) is 3.94. The Hall–Kier alpha value is -1.71. The van der Waals surface area contributed by atoms with E-state index in [2.05, 4.69) is 0 Å². The van der Waals surface area contributed by atoms with Crippen LogP contribution in [-0.2, 0) is 0 Å². The average molecular weight is 196 g/mol. The molecule has 0 bridgehead atoms. The smallest absolute Gasteiger partial charge is 0.166 e. The van der Waals surface area contributed by atoms with Gasteiger partial charge in [-0.15, -0.1) is 0 Å². The lowest BCUT2D eigenvalue weighted by molar-refractivity contribution is 0.101. The van der Waals surface area contributed by atoms with Crippen molar-refractivity contribution in [1.29, 1.82) is 0 Å². The zero-order valence-corrected chi connectivity index (χ0v) is 7.83. The Labute approximate surface area is 80.5 Å². The standard InChI is InChI=1S/C10H9FO3/c1-6(13)9-8(11)4-3-7(5-12)10(9)14-2/h3-5H,1-2H3. The summed E-state index contributed by atoms with van der Waals surface area (Å²) in [7, 11) is 1.29. The first-order chi connectivity index (χ1) is 6.61. The highest BCUT2D eigenvalue weighted by molar-refractivity contribution is 5.99. The van der Waals surface area contributed by atoms with E-state index in [-0.39, 0.29) is 16.9 Å². The summed E-state index contributed by atoms with van der Waals surface area (Å²) in [6, 6.07) is 2.34. The number of hydrogen-bond acceptors (Lipinski definition) is 3. The van der Waals surface area contributed by atoms with Gasteiger partial charge in [0.15, 0.2) is 12.1 Å². The fourth-order valence-electron chi connectivity index (χ4n) is 1.22. The molecule has 4 heteroatoms. The number of Topliss-reactive ketones (excluding diaryl/α,β-unsaturated/α-hetero) is 1. The van der Waals surface area contributed by atoms with Gasteiger partial charge in [0.05, 0.1) is 18.2 Å². The number of methoxy groups -OCH3 is 1. The van der Waals surface area contributed by atoms with Crippen LogP contribution in [0.25, 0.3) is 0 Å². The van der Waals surface area contributed by atoms with Crippen molar-refractivity contribution in [3.05, 3.63) is 29.1 Å². The number of benzene rings is 1. The molecule has 0 heterocycles. The summed E-state index contributed by atoms with van der Waals surface area (Å²) in [6.45, 7) is 1.22. The quantitative estimate of drug-likeness (QED) is 0.547. The average Bonchev–Trinajstić information content (AvgIpc) is 2.16. The van der Waals surface area contributed by atoms with Gasteiger partial charge in [0.1, 0.15) is 11.6 Å². The minimum absolute atomic E-state index is 0.00694. The molecule has 0 fully saturated rings. The van der Waals surface area contributed by atoms with E-state index in [0.717, 1.165) is 6.07 Å². The van der Waals surface area contributed by atoms with Crippen LogP contribution in [0.15, 0.2) is 12.1 Å². The summed E-state index contributed by atoms with van der Waals surface area (Å²) in [5.74, 6) is -1.16. The molecule has 14 heavy (non-hydrogen) atoms. The molecule has 0 radical (unpaired) electrons. The fourth-order valence-corrected chi connectivity index (χ4v) is 1.22. The minimum Gasteiger partial charge on any atom is -0.495 e. The van der Waals surface area contributed by atoms with E-state index in [4.69, 9.17) is 4.74 Å². The van der Waals surface area contributed by atoms with Gasteiger partial charge in [-0.25, -0.2) is 4.39 Å². The number of hydrogen-bond donors (Lipinski definition) is 0. The molecule has 1 aromatic carbocycles. The van der Waals surface area contributed by atoms with Gasteiger partial charge in [-0.1, -0.05) is 0 Å².